The van der Waals surface area contributed by atoms with E-state index in [0.717, 1.165) is 17.5 Å². The van der Waals surface area contributed by atoms with Gasteiger partial charge in [-0.2, -0.15) is 0 Å². The van der Waals surface area contributed by atoms with Crippen LogP contribution in [0.2, 0.25) is 0 Å². The van der Waals surface area contributed by atoms with Gasteiger partial charge in [0.1, 0.15) is 0 Å². The summed E-state index contributed by atoms with van der Waals surface area (Å²) in [4.78, 5) is 10.9. The Morgan fingerprint density at radius 2 is 2.07 bits per heavy atom. The van der Waals surface area contributed by atoms with Crippen LogP contribution in [0, 0.1) is 11.8 Å². The van der Waals surface area contributed by atoms with Crippen molar-refractivity contribution in [1.29, 1.82) is 0 Å². The van der Waals surface area contributed by atoms with E-state index in [1.54, 1.807) is 13.0 Å². The van der Waals surface area contributed by atoms with E-state index < -0.39 is 0 Å². The van der Waals surface area contributed by atoms with Crippen molar-refractivity contribution in [3.8, 4) is 0 Å². The Labute approximate surface area is 85.8 Å². The molecular weight excluding hydrogens is 174 g/mol. The first-order valence-corrected chi connectivity index (χ1v) is 5.60. The summed E-state index contributed by atoms with van der Waals surface area (Å²) in [5.74, 6) is 1.97. The average Bonchev–Trinajstić information content (AvgIpc) is 2.62. The first-order chi connectivity index (χ1) is 6.65. The molecule has 0 spiro atoms. The maximum atomic E-state index is 10.9. The number of allylic oxidation sites excluding steroid dienone is 2. The van der Waals surface area contributed by atoms with Crippen LogP contribution in [0.4, 0.5) is 0 Å². The summed E-state index contributed by atoms with van der Waals surface area (Å²) in [7, 11) is 0. The zero-order valence-electron chi connectivity index (χ0n) is 9.05. The van der Waals surface area contributed by atoms with Crippen molar-refractivity contribution >= 4 is 5.78 Å². The van der Waals surface area contributed by atoms with Crippen LogP contribution >= 0.6 is 0 Å². The van der Waals surface area contributed by atoms with Gasteiger partial charge in [0.15, 0.2) is 5.78 Å². The van der Waals surface area contributed by atoms with Gasteiger partial charge in [-0.25, -0.2) is 0 Å². The van der Waals surface area contributed by atoms with Crippen LogP contribution < -0.4 is 5.32 Å². The minimum absolute atomic E-state index is 0.137. The van der Waals surface area contributed by atoms with Crippen molar-refractivity contribution in [1.82, 2.24) is 5.32 Å². The van der Waals surface area contributed by atoms with Gasteiger partial charge in [0, 0.05) is 11.7 Å². The second-order valence-corrected chi connectivity index (χ2v) is 4.86. The minimum Gasteiger partial charge on any atom is -0.385 e. The fourth-order valence-electron chi connectivity index (χ4n) is 3.06. The summed E-state index contributed by atoms with van der Waals surface area (Å²) < 4.78 is 0. The molecule has 3 atom stereocenters. The molecule has 0 aromatic rings. The van der Waals surface area contributed by atoms with Gasteiger partial charge in [-0.15, -0.1) is 0 Å². The summed E-state index contributed by atoms with van der Waals surface area (Å²) in [5.41, 5.74) is 1.04. The number of fused-ring (bicyclic) bond motifs is 2. The second kappa shape index (κ2) is 3.76. The van der Waals surface area contributed by atoms with E-state index in [1.165, 1.54) is 25.7 Å². The number of nitrogens with one attached hydrogen (secondary N) is 1. The number of carbonyl (C=O) groups is 1. The lowest BCUT2D eigenvalue weighted by Crippen LogP contribution is -2.32. The monoisotopic (exact) mass is 193 g/mol. The standard InChI is InChI=1S/C12H19NO/c1-8(5-9(2)14)13-12-7-10-3-4-11(12)6-10/h5,10-13H,3-4,6-7H2,1-2H3. The van der Waals surface area contributed by atoms with E-state index in [1.807, 2.05) is 6.92 Å². The number of ketones is 1. The van der Waals surface area contributed by atoms with Gasteiger partial charge >= 0.3 is 0 Å². The molecule has 2 bridgehead atoms. The summed E-state index contributed by atoms with van der Waals surface area (Å²) in [6.07, 6.45) is 7.23. The Kier molecular flexibility index (Phi) is 2.62. The molecule has 2 fully saturated rings. The number of rotatable bonds is 3. The normalized spacial score (nSPS) is 36.1. The molecule has 0 radical (unpaired) electrons. The van der Waals surface area contributed by atoms with E-state index in [4.69, 9.17) is 0 Å². The fourth-order valence-corrected chi connectivity index (χ4v) is 3.06. The fraction of sp³-hybridized carbons (Fsp3) is 0.750. The Morgan fingerprint density at radius 3 is 2.57 bits per heavy atom. The number of hydrogen-bond donors (Lipinski definition) is 1. The lowest BCUT2D eigenvalue weighted by Gasteiger charge is -2.24. The maximum absolute atomic E-state index is 10.9. The van der Waals surface area contributed by atoms with Crippen LogP contribution in [0.3, 0.4) is 0 Å². The topological polar surface area (TPSA) is 29.1 Å². The largest absolute Gasteiger partial charge is 0.385 e. The highest BCUT2D eigenvalue weighted by Crippen LogP contribution is 2.44. The van der Waals surface area contributed by atoms with E-state index in [-0.39, 0.29) is 5.78 Å². The van der Waals surface area contributed by atoms with Gasteiger partial charge in [0.25, 0.3) is 0 Å². The van der Waals surface area contributed by atoms with Gasteiger partial charge in [-0.3, -0.25) is 4.79 Å². The highest BCUT2D eigenvalue weighted by molar-refractivity contribution is 5.87. The van der Waals surface area contributed by atoms with Gasteiger partial charge < -0.3 is 5.32 Å². The van der Waals surface area contributed by atoms with E-state index in [2.05, 4.69) is 5.32 Å². The lowest BCUT2D eigenvalue weighted by molar-refractivity contribution is -0.112. The molecule has 2 rings (SSSR count). The van der Waals surface area contributed by atoms with Crippen molar-refractivity contribution in [3.63, 3.8) is 0 Å². The third kappa shape index (κ3) is 1.99. The molecule has 78 valence electrons. The molecule has 2 aliphatic carbocycles. The van der Waals surface area contributed by atoms with Crippen molar-refractivity contribution in [2.24, 2.45) is 11.8 Å². The molecule has 0 aliphatic heterocycles. The van der Waals surface area contributed by atoms with Crippen molar-refractivity contribution < 1.29 is 4.79 Å². The molecule has 2 aliphatic rings. The molecule has 3 unspecified atom stereocenters. The quantitative estimate of drug-likeness (QED) is 0.697. The highest BCUT2D eigenvalue weighted by Gasteiger charge is 2.39. The van der Waals surface area contributed by atoms with Gasteiger partial charge in [0.2, 0.25) is 0 Å². The smallest absolute Gasteiger partial charge is 0.154 e. The number of hydrogen-bond acceptors (Lipinski definition) is 2. The Bertz CT molecular complexity index is 269. The van der Waals surface area contributed by atoms with Gasteiger partial charge in [-0.1, -0.05) is 6.42 Å². The summed E-state index contributed by atoms with van der Waals surface area (Å²) in [5, 5.41) is 3.48. The SMILES string of the molecule is CC(=O)C=C(C)NC1CC2CCC1C2. The summed E-state index contributed by atoms with van der Waals surface area (Å²) in [6.45, 7) is 3.60. The molecule has 0 aromatic carbocycles. The lowest BCUT2D eigenvalue weighted by atomic mass is 9.95. The molecular formula is C12H19NO. The summed E-state index contributed by atoms with van der Waals surface area (Å²) >= 11 is 0. The molecule has 0 saturated heterocycles. The van der Waals surface area contributed by atoms with E-state index in [9.17, 15) is 4.79 Å². The zero-order valence-corrected chi connectivity index (χ0v) is 9.05. The first kappa shape index (κ1) is 9.75. The van der Waals surface area contributed by atoms with Crippen LogP contribution in [0.1, 0.15) is 39.5 Å². The van der Waals surface area contributed by atoms with Crippen LogP contribution in [-0.2, 0) is 4.79 Å². The van der Waals surface area contributed by atoms with Crippen LogP contribution in [-0.4, -0.2) is 11.8 Å². The van der Waals surface area contributed by atoms with Crippen LogP contribution in [0.5, 0.6) is 0 Å². The first-order valence-electron chi connectivity index (χ1n) is 5.60. The molecule has 2 saturated carbocycles. The van der Waals surface area contributed by atoms with Crippen LogP contribution in [0.15, 0.2) is 11.8 Å². The predicted molar refractivity (Wildman–Crippen MR) is 56.8 cm³/mol. The van der Waals surface area contributed by atoms with E-state index in [0.29, 0.717) is 6.04 Å². The maximum Gasteiger partial charge on any atom is 0.154 e. The second-order valence-electron chi connectivity index (χ2n) is 4.86. The number of carbonyl (C=O) groups excluding carboxylic acids is 1. The molecule has 2 heteroatoms. The molecule has 1 N–H and O–H groups in total. The van der Waals surface area contributed by atoms with Crippen LogP contribution in [0.25, 0.3) is 0 Å². The molecule has 2 nitrogen and oxygen atoms in total. The average molecular weight is 193 g/mol. The zero-order chi connectivity index (χ0) is 10.1. The molecule has 14 heavy (non-hydrogen) atoms. The van der Waals surface area contributed by atoms with Crippen molar-refractivity contribution in [2.45, 2.75) is 45.6 Å². The highest BCUT2D eigenvalue weighted by atomic mass is 16.1. The van der Waals surface area contributed by atoms with Gasteiger partial charge in [0.05, 0.1) is 0 Å². The molecule has 0 amide bonds. The Morgan fingerprint density at radius 1 is 1.29 bits per heavy atom. The minimum atomic E-state index is 0.137. The third-order valence-electron chi connectivity index (χ3n) is 3.57. The molecule has 0 aromatic heterocycles. The van der Waals surface area contributed by atoms with Crippen molar-refractivity contribution in [2.75, 3.05) is 0 Å². The third-order valence-corrected chi connectivity index (χ3v) is 3.57. The predicted octanol–water partition coefficient (Wildman–Crippen LogP) is 2.26. The summed E-state index contributed by atoms with van der Waals surface area (Å²) in [6, 6.07) is 0.643. The Balaban J connectivity index is 1.89. The molecule has 0 heterocycles. The van der Waals surface area contributed by atoms with E-state index >= 15 is 0 Å². The van der Waals surface area contributed by atoms with Gasteiger partial charge in [-0.05, 0) is 51.0 Å². The van der Waals surface area contributed by atoms with Crippen molar-refractivity contribution in [3.05, 3.63) is 11.8 Å². The Hall–Kier alpha value is -0.790.